The van der Waals surface area contributed by atoms with Crippen molar-refractivity contribution in [1.29, 1.82) is 0 Å². The summed E-state index contributed by atoms with van der Waals surface area (Å²) in [5, 5.41) is 0. The molecule has 0 aromatic heterocycles. The molecule has 0 nitrogen and oxygen atoms in total. The molecule has 0 atom stereocenters. The Kier molecular flexibility index (Phi) is 26.2. The average Bonchev–Trinajstić information content (AvgIpc) is 3.16. The van der Waals surface area contributed by atoms with Crippen LogP contribution in [0.25, 0.3) is 0 Å². The van der Waals surface area contributed by atoms with Crippen molar-refractivity contribution in [3.05, 3.63) is 47.6 Å². The van der Waals surface area contributed by atoms with Gasteiger partial charge in [-0.25, -0.2) is 23.3 Å². The summed E-state index contributed by atoms with van der Waals surface area (Å²) in [6.07, 6.45) is 25.2. The molecule has 0 aliphatic heterocycles. The topological polar surface area (TPSA) is 0 Å². The van der Waals surface area contributed by atoms with E-state index < -0.39 is 0 Å². The predicted octanol–water partition coefficient (Wildman–Crippen LogP) is 7.36. The van der Waals surface area contributed by atoms with Gasteiger partial charge in [-0.05, 0) is 0 Å². The van der Waals surface area contributed by atoms with Gasteiger partial charge in [0.1, 0.15) is 0 Å². The van der Waals surface area contributed by atoms with Crippen molar-refractivity contribution in [3.8, 4) is 0 Å². The molecule has 0 saturated heterocycles. The molecule has 0 amide bonds. The van der Waals surface area contributed by atoms with Crippen LogP contribution in [0.5, 0.6) is 0 Å². The van der Waals surface area contributed by atoms with Crippen molar-refractivity contribution >= 4 is 31.0 Å². The molecule has 0 aromatic carbocycles. The number of unbranched alkanes of at least 4 members (excludes halogenated alkanes) is 2. The van der Waals surface area contributed by atoms with Crippen LogP contribution in [0.3, 0.4) is 0 Å². The maximum absolute atomic E-state index is 3.30. The van der Waals surface area contributed by atoms with Gasteiger partial charge in [-0.1, -0.05) is 52.4 Å². The van der Waals surface area contributed by atoms with Gasteiger partial charge in [0.05, 0.1) is 0 Å². The Hall–Kier alpha value is 0.471. The van der Waals surface area contributed by atoms with Gasteiger partial charge in [0.25, 0.3) is 0 Å². The molecule has 0 radical (unpaired) electrons. The molecule has 0 N–H and O–H groups in total. The first-order valence-corrected chi connectivity index (χ1v) is 13.5. The molecule has 0 saturated carbocycles. The number of rotatable bonds is 6. The first kappa shape index (κ1) is 29.2. The van der Waals surface area contributed by atoms with Crippen LogP contribution in [0.15, 0.2) is 35.5 Å². The fraction of sp³-hybridized carbons (Fsp3) is 0.600. The van der Waals surface area contributed by atoms with E-state index in [1.54, 1.807) is 0 Å². The van der Waals surface area contributed by atoms with Gasteiger partial charge >= 0.3 is 38.5 Å². The minimum absolute atomic E-state index is 0. The van der Waals surface area contributed by atoms with Gasteiger partial charge in [0.15, 0.2) is 0 Å². The quantitative estimate of drug-likeness (QED) is 0.311. The summed E-state index contributed by atoms with van der Waals surface area (Å²) in [5.74, 6) is 0. The van der Waals surface area contributed by atoms with Crippen molar-refractivity contribution in [2.24, 2.45) is 0 Å². The van der Waals surface area contributed by atoms with E-state index in [0.717, 1.165) is 12.8 Å². The molecule has 0 bridgehead atoms. The zero-order valence-electron chi connectivity index (χ0n) is 15.8. The molecule has 4 heteroatoms. The molecule has 24 heavy (non-hydrogen) atoms. The third kappa shape index (κ3) is 20.5. The molecule has 0 aromatic rings. The SMILES string of the molecule is CCCCC1=[C-]CC=C1.CCCCC1=[C-]CC=C1.C[Si](C)=[Ti+2].Cl.Cl. The Morgan fingerprint density at radius 3 is 1.42 bits per heavy atom. The predicted molar refractivity (Wildman–Crippen MR) is 112 cm³/mol. The fourth-order valence-electron chi connectivity index (χ4n) is 1.98. The Bertz CT molecular complexity index is 385. The Morgan fingerprint density at radius 1 is 0.875 bits per heavy atom. The first-order chi connectivity index (χ1) is 10.6. The van der Waals surface area contributed by atoms with E-state index in [-0.39, 0.29) is 31.0 Å². The van der Waals surface area contributed by atoms with Gasteiger partial charge in [0.2, 0.25) is 0 Å². The summed E-state index contributed by atoms with van der Waals surface area (Å²) >= 11 is 2.27. The maximum Gasteiger partial charge on any atom is -0.147 e. The smallest absolute Gasteiger partial charge is 0.147 e. The van der Waals surface area contributed by atoms with E-state index in [9.17, 15) is 0 Å². The van der Waals surface area contributed by atoms with Gasteiger partial charge in [-0.2, -0.15) is 12.2 Å². The molecular weight excluding hydrogens is 387 g/mol. The molecule has 0 unspecified atom stereocenters. The zero-order valence-corrected chi connectivity index (χ0v) is 20.0. The van der Waals surface area contributed by atoms with Crippen molar-refractivity contribution in [2.75, 3.05) is 0 Å². The van der Waals surface area contributed by atoms with Crippen LogP contribution in [0, 0.1) is 12.2 Å². The fourth-order valence-corrected chi connectivity index (χ4v) is 1.98. The van der Waals surface area contributed by atoms with Crippen LogP contribution in [-0.4, -0.2) is 6.19 Å². The second-order valence-corrected chi connectivity index (χ2v) is 12.5. The second kappa shape index (κ2) is 21.5. The van der Waals surface area contributed by atoms with E-state index in [4.69, 9.17) is 0 Å². The van der Waals surface area contributed by atoms with Crippen LogP contribution in [0.2, 0.25) is 13.1 Å². The van der Waals surface area contributed by atoms with E-state index in [2.05, 4.69) is 82.6 Å². The summed E-state index contributed by atoms with van der Waals surface area (Å²) in [4.78, 5) is 0. The zero-order chi connectivity index (χ0) is 16.6. The number of hydrogen-bond acceptors (Lipinski definition) is 0. The summed E-state index contributed by atoms with van der Waals surface area (Å²) in [6, 6.07) is 0. The first-order valence-electron chi connectivity index (χ1n) is 8.64. The Balaban J connectivity index is -0.000000283. The number of allylic oxidation sites excluding steroid dienone is 8. The third-order valence-corrected chi connectivity index (χ3v) is 3.13. The normalized spacial score (nSPS) is 13.4. The Morgan fingerprint density at radius 2 is 1.21 bits per heavy atom. The number of halogens is 2. The molecule has 0 heterocycles. The number of hydrogen-bond donors (Lipinski definition) is 0. The summed E-state index contributed by atoms with van der Waals surface area (Å²) in [6.45, 7) is 8.98. The maximum atomic E-state index is 3.30. The molecule has 2 rings (SSSR count). The van der Waals surface area contributed by atoms with E-state index >= 15 is 0 Å². The standard InChI is InChI=1S/2C9H13.C2H6Si.2ClH.Ti/c2*1-2-3-6-9-7-4-5-8-9;1-3-2;;;/h2*4,7H,2-3,5-6H2,1H3;1-2H3;2*1H;/q2*-1;;;;+2. The minimum atomic E-state index is 0. The van der Waals surface area contributed by atoms with Crippen molar-refractivity contribution in [3.63, 3.8) is 0 Å². The van der Waals surface area contributed by atoms with Gasteiger partial charge in [-0.15, -0.1) is 37.7 Å². The second-order valence-electron chi connectivity index (χ2n) is 5.82. The van der Waals surface area contributed by atoms with Crippen molar-refractivity contribution in [1.82, 2.24) is 0 Å². The summed E-state index contributed by atoms with van der Waals surface area (Å²) < 4.78 is 0. The molecule has 136 valence electrons. The van der Waals surface area contributed by atoms with E-state index in [1.807, 2.05) is 0 Å². The third-order valence-electron chi connectivity index (χ3n) is 3.13. The molecular formula is C20H34Cl2SiTi. The molecule has 2 aliphatic rings. The van der Waals surface area contributed by atoms with E-state index in [1.165, 1.54) is 49.7 Å². The van der Waals surface area contributed by atoms with Crippen LogP contribution in [0.4, 0.5) is 0 Å². The summed E-state index contributed by atoms with van der Waals surface area (Å²) in [7, 11) is 0. The largest absolute Gasteiger partial charge is 0.147 e. The minimum Gasteiger partial charge on any atom is -0.147 e. The van der Waals surface area contributed by atoms with Gasteiger partial charge in [0, 0.05) is 0 Å². The molecule has 0 fully saturated rings. The van der Waals surface area contributed by atoms with Crippen molar-refractivity contribution < 1.29 is 19.2 Å². The summed E-state index contributed by atoms with van der Waals surface area (Å²) in [5.41, 5.74) is 2.83. The van der Waals surface area contributed by atoms with Crippen molar-refractivity contribution in [2.45, 2.75) is 78.3 Å². The Labute approximate surface area is 175 Å². The van der Waals surface area contributed by atoms with Crippen LogP contribution < -0.4 is 0 Å². The van der Waals surface area contributed by atoms with E-state index in [0.29, 0.717) is 0 Å². The van der Waals surface area contributed by atoms with Gasteiger partial charge < -0.3 is 0 Å². The van der Waals surface area contributed by atoms with Crippen LogP contribution in [-0.2, 0) is 19.2 Å². The average molecular weight is 421 g/mol. The molecule has 2 aliphatic carbocycles. The van der Waals surface area contributed by atoms with Crippen LogP contribution >= 0.6 is 24.8 Å². The van der Waals surface area contributed by atoms with Crippen LogP contribution in [0.1, 0.15) is 65.2 Å². The van der Waals surface area contributed by atoms with Gasteiger partial charge in [-0.3, -0.25) is 12.2 Å². The molecule has 0 spiro atoms. The monoisotopic (exact) mass is 420 g/mol.